The molecule has 1 heterocycles. The van der Waals surface area contributed by atoms with Crippen molar-refractivity contribution < 1.29 is 4.74 Å². The average Bonchev–Trinajstić information content (AvgIpc) is 3.13. The van der Waals surface area contributed by atoms with Gasteiger partial charge in [-0.2, -0.15) is 0 Å². The molecule has 1 aromatic carbocycles. The molecular formula is C17H23ClN2O. The van der Waals surface area contributed by atoms with Gasteiger partial charge in [0.25, 0.3) is 0 Å². The first kappa shape index (κ1) is 14.7. The number of alkyl halides is 1. The van der Waals surface area contributed by atoms with Crippen LogP contribution >= 0.6 is 11.6 Å². The second-order valence-electron chi connectivity index (χ2n) is 6.10. The van der Waals surface area contributed by atoms with E-state index in [0.29, 0.717) is 11.9 Å². The highest BCUT2D eigenvalue weighted by Crippen LogP contribution is 2.48. The van der Waals surface area contributed by atoms with Gasteiger partial charge in [0, 0.05) is 18.3 Å². The summed E-state index contributed by atoms with van der Waals surface area (Å²) in [6, 6.07) is 6.81. The number of ether oxygens (including phenoxy) is 1. The molecule has 21 heavy (non-hydrogen) atoms. The fraction of sp³-hybridized carbons (Fsp3) is 0.588. The molecular weight excluding hydrogens is 284 g/mol. The number of imidazole rings is 1. The molecule has 3 rings (SSSR count). The van der Waals surface area contributed by atoms with Crippen LogP contribution < -0.4 is 4.74 Å². The van der Waals surface area contributed by atoms with Gasteiger partial charge in [0.15, 0.2) is 0 Å². The normalized spacial score (nSPS) is 21.2. The van der Waals surface area contributed by atoms with Gasteiger partial charge in [-0.05, 0) is 38.3 Å². The fourth-order valence-electron chi connectivity index (χ4n) is 3.11. The van der Waals surface area contributed by atoms with Crippen molar-refractivity contribution in [2.24, 2.45) is 5.92 Å². The summed E-state index contributed by atoms with van der Waals surface area (Å²) >= 11 is 5.97. The predicted octanol–water partition coefficient (Wildman–Crippen LogP) is 4.58. The topological polar surface area (TPSA) is 27.1 Å². The number of benzene rings is 1. The number of hydrogen-bond acceptors (Lipinski definition) is 2. The zero-order chi connectivity index (χ0) is 15.0. The Kier molecular flexibility index (Phi) is 4.12. The second-order valence-corrected chi connectivity index (χ2v) is 6.48. The lowest BCUT2D eigenvalue weighted by atomic mass is 10.2. The highest BCUT2D eigenvalue weighted by molar-refractivity contribution is 6.17. The van der Waals surface area contributed by atoms with Crippen LogP contribution in [0, 0.1) is 5.92 Å². The van der Waals surface area contributed by atoms with Crippen molar-refractivity contribution in [2.75, 3.05) is 5.88 Å². The highest BCUT2D eigenvalue weighted by Gasteiger charge is 2.39. The summed E-state index contributed by atoms with van der Waals surface area (Å²) in [7, 11) is 0. The molecule has 2 atom stereocenters. The monoisotopic (exact) mass is 306 g/mol. The third kappa shape index (κ3) is 2.76. The van der Waals surface area contributed by atoms with E-state index in [9.17, 15) is 0 Å². The molecule has 0 spiro atoms. The van der Waals surface area contributed by atoms with Crippen LogP contribution in [0.5, 0.6) is 5.75 Å². The van der Waals surface area contributed by atoms with Crippen LogP contribution in [0.4, 0.5) is 0 Å². The lowest BCUT2D eigenvalue weighted by molar-refractivity contribution is 0.245. The molecule has 2 aromatic rings. The fourth-order valence-corrected chi connectivity index (χ4v) is 3.28. The van der Waals surface area contributed by atoms with Crippen LogP contribution in [0.3, 0.4) is 0 Å². The van der Waals surface area contributed by atoms with Gasteiger partial charge in [-0.3, -0.25) is 0 Å². The number of fused-ring (bicyclic) bond motifs is 1. The van der Waals surface area contributed by atoms with E-state index >= 15 is 0 Å². The van der Waals surface area contributed by atoms with Crippen LogP contribution in [0.25, 0.3) is 11.0 Å². The molecule has 1 saturated carbocycles. The summed E-state index contributed by atoms with van der Waals surface area (Å²) in [5.41, 5.74) is 2.17. The molecule has 0 radical (unpaired) electrons. The molecule has 0 bridgehead atoms. The Labute approximate surface area is 131 Å². The van der Waals surface area contributed by atoms with E-state index in [1.165, 1.54) is 18.4 Å². The van der Waals surface area contributed by atoms with Crippen molar-refractivity contribution in [3.63, 3.8) is 0 Å². The Balaban J connectivity index is 2.09. The Morgan fingerprint density at radius 3 is 2.86 bits per heavy atom. The maximum Gasteiger partial charge on any atom is 0.147 e. The maximum absolute atomic E-state index is 5.97. The van der Waals surface area contributed by atoms with Gasteiger partial charge in [0.1, 0.15) is 17.1 Å². The SMILES string of the molecule is CCC1CC1n1c(CCCl)nc2c(OC(C)C)cccc21. The summed E-state index contributed by atoms with van der Waals surface area (Å²) in [6.07, 6.45) is 3.45. The Morgan fingerprint density at radius 2 is 2.24 bits per heavy atom. The van der Waals surface area contributed by atoms with Gasteiger partial charge >= 0.3 is 0 Å². The summed E-state index contributed by atoms with van der Waals surface area (Å²) < 4.78 is 8.32. The van der Waals surface area contributed by atoms with E-state index in [1.807, 2.05) is 19.9 Å². The van der Waals surface area contributed by atoms with Crippen molar-refractivity contribution >= 4 is 22.6 Å². The van der Waals surface area contributed by atoms with Crippen molar-refractivity contribution in [3.8, 4) is 5.75 Å². The number of para-hydroxylation sites is 1. The minimum atomic E-state index is 0.154. The lowest BCUT2D eigenvalue weighted by Gasteiger charge is -2.11. The van der Waals surface area contributed by atoms with Crippen molar-refractivity contribution in [1.29, 1.82) is 0 Å². The summed E-state index contributed by atoms with van der Waals surface area (Å²) in [5, 5.41) is 0. The van der Waals surface area contributed by atoms with Crippen molar-refractivity contribution in [2.45, 2.75) is 52.2 Å². The van der Waals surface area contributed by atoms with Gasteiger partial charge in [-0.25, -0.2) is 4.98 Å². The van der Waals surface area contributed by atoms with Gasteiger partial charge in [-0.1, -0.05) is 19.4 Å². The number of hydrogen-bond donors (Lipinski definition) is 0. The van der Waals surface area contributed by atoms with Gasteiger partial charge in [-0.15, -0.1) is 11.6 Å². The molecule has 1 aliphatic rings. The first-order valence-electron chi connectivity index (χ1n) is 7.88. The Bertz CT molecular complexity index is 635. The van der Waals surface area contributed by atoms with Crippen LogP contribution in [0.15, 0.2) is 18.2 Å². The smallest absolute Gasteiger partial charge is 0.147 e. The minimum absolute atomic E-state index is 0.154. The van der Waals surface area contributed by atoms with Crippen molar-refractivity contribution in [3.05, 3.63) is 24.0 Å². The molecule has 1 aliphatic carbocycles. The molecule has 0 saturated heterocycles. The molecule has 0 aliphatic heterocycles. The molecule has 3 nitrogen and oxygen atoms in total. The molecule has 0 amide bonds. The lowest BCUT2D eigenvalue weighted by Crippen LogP contribution is -2.05. The number of rotatable bonds is 6. The number of nitrogens with zero attached hydrogens (tertiary/aromatic N) is 2. The third-order valence-electron chi connectivity index (χ3n) is 4.18. The number of halogens is 1. The van der Waals surface area contributed by atoms with Crippen LogP contribution in [0.1, 0.15) is 45.5 Å². The van der Waals surface area contributed by atoms with Gasteiger partial charge in [0.2, 0.25) is 0 Å². The minimum Gasteiger partial charge on any atom is -0.489 e. The summed E-state index contributed by atoms with van der Waals surface area (Å²) in [6.45, 7) is 6.35. The van der Waals surface area contributed by atoms with E-state index in [1.54, 1.807) is 0 Å². The Hall–Kier alpha value is -1.22. The zero-order valence-corrected chi connectivity index (χ0v) is 13.7. The maximum atomic E-state index is 5.97. The first-order chi connectivity index (χ1) is 10.2. The van der Waals surface area contributed by atoms with Gasteiger partial charge < -0.3 is 9.30 Å². The van der Waals surface area contributed by atoms with E-state index < -0.39 is 0 Å². The second kappa shape index (κ2) is 5.88. The van der Waals surface area contributed by atoms with E-state index in [4.69, 9.17) is 21.3 Å². The molecule has 1 aromatic heterocycles. The summed E-state index contributed by atoms with van der Waals surface area (Å²) in [5.74, 6) is 3.37. The van der Waals surface area contributed by atoms with Crippen molar-refractivity contribution in [1.82, 2.24) is 9.55 Å². The number of aryl methyl sites for hydroxylation is 1. The standard InChI is InChI=1S/C17H23ClN2O/c1-4-12-10-14(12)20-13-6-5-7-15(21-11(2)3)17(13)19-16(20)8-9-18/h5-7,11-12,14H,4,8-10H2,1-3H3. The van der Waals surface area contributed by atoms with E-state index in [0.717, 1.165) is 29.4 Å². The molecule has 1 fully saturated rings. The summed E-state index contributed by atoms with van der Waals surface area (Å²) in [4.78, 5) is 4.84. The quantitative estimate of drug-likeness (QED) is 0.731. The highest BCUT2D eigenvalue weighted by atomic mass is 35.5. The average molecular weight is 307 g/mol. The van der Waals surface area contributed by atoms with E-state index in [2.05, 4.69) is 23.6 Å². The molecule has 0 N–H and O–H groups in total. The molecule has 2 unspecified atom stereocenters. The number of aromatic nitrogens is 2. The largest absolute Gasteiger partial charge is 0.489 e. The Morgan fingerprint density at radius 1 is 1.43 bits per heavy atom. The van der Waals surface area contributed by atoms with E-state index in [-0.39, 0.29) is 6.10 Å². The van der Waals surface area contributed by atoms with Gasteiger partial charge in [0.05, 0.1) is 11.6 Å². The van der Waals surface area contributed by atoms with Crippen LogP contribution in [-0.2, 0) is 6.42 Å². The van der Waals surface area contributed by atoms with Crippen LogP contribution in [-0.4, -0.2) is 21.5 Å². The predicted molar refractivity (Wildman–Crippen MR) is 87.4 cm³/mol. The zero-order valence-electron chi connectivity index (χ0n) is 13.0. The molecule has 4 heteroatoms. The van der Waals surface area contributed by atoms with Crippen LogP contribution in [0.2, 0.25) is 0 Å². The third-order valence-corrected chi connectivity index (χ3v) is 4.37. The molecule has 114 valence electrons. The first-order valence-corrected chi connectivity index (χ1v) is 8.41.